The molecule has 0 saturated carbocycles. The molecule has 92 valence electrons. The molecule has 2 aromatic rings. The van der Waals surface area contributed by atoms with E-state index in [1.165, 1.54) is 36.5 Å². The van der Waals surface area contributed by atoms with E-state index in [0.717, 1.165) is 0 Å². The third-order valence-electron chi connectivity index (χ3n) is 2.29. The number of aromatic hydroxyl groups is 2. The first-order chi connectivity index (χ1) is 8.66. The number of phenolic OH excluding ortho intramolecular Hbond substituents is 2. The lowest BCUT2D eigenvalue weighted by Crippen LogP contribution is -1.91. The van der Waals surface area contributed by atoms with Crippen LogP contribution >= 0.6 is 0 Å². The van der Waals surface area contributed by atoms with Gasteiger partial charge in [0.2, 0.25) is 0 Å². The second-order valence-electron chi connectivity index (χ2n) is 3.59. The molecule has 0 spiro atoms. The van der Waals surface area contributed by atoms with E-state index >= 15 is 0 Å². The van der Waals surface area contributed by atoms with Crippen LogP contribution in [0.3, 0.4) is 0 Å². The van der Waals surface area contributed by atoms with Crippen LogP contribution in [0, 0.1) is 5.82 Å². The maximum atomic E-state index is 12.6. The molecule has 0 saturated heterocycles. The van der Waals surface area contributed by atoms with Crippen LogP contribution in [0.5, 0.6) is 11.5 Å². The summed E-state index contributed by atoms with van der Waals surface area (Å²) in [4.78, 5) is 0. The fourth-order valence-corrected chi connectivity index (χ4v) is 1.35. The van der Waals surface area contributed by atoms with Crippen molar-refractivity contribution < 1.29 is 14.6 Å². The summed E-state index contributed by atoms with van der Waals surface area (Å²) in [6.45, 7) is 0. The van der Waals surface area contributed by atoms with Crippen molar-refractivity contribution in [1.82, 2.24) is 0 Å². The minimum Gasteiger partial charge on any atom is -0.504 e. The Hall–Kier alpha value is -2.56. The molecule has 0 radical (unpaired) electrons. The van der Waals surface area contributed by atoms with Crippen molar-refractivity contribution >= 4 is 11.9 Å². The van der Waals surface area contributed by atoms with E-state index in [0.29, 0.717) is 11.3 Å². The Morgan fingerprint density at radius 3 is 2.50 bits per heavy atom. The Morgan fingerprint density at radius 2 is 1.78 bits per heavy atom. The molecule has 0 aliphatic heterocycles. The fraction of sp³-hybridized carbons (Fsp3) is 0. The molecule has 0 aromatic heterocycles. The lowest BCUT2D eigenvalue weighted by Gasteiger charge is -2.01. The Morgan fingerprint density at radius 1 is 1.06 bits per heavy atom. The highest BCUT2D eigenvalue weighted by atomic mass is 19.1. The number of phenols is 2. The van der Waals surface area contributed by atoms with Crippen LogP contribution in [0.1, 0.15) is 5.56 Å². The summed E-state index contributed by atoms with van der Waals surface area (Å²) in [6, 6.07) is 10.3. The summed E-state index contributed by atoms with van der Waals surface area (Å²) in [6.07, 6.45) is 1.36. The van der Waals surface area contributed by atoms with E-state index < -0.39 is 0 Å². The van der Waals surface area contributed by atoms with Gasteiger partial charge in [0.1, 0.15) is 5.82 Å². The maximum absolute atomic E-state index is 12.6. The van der Waals surface area contributed by atoms with Gasteiger partial charge in [-0.25, -0.2) is 4.39 Å². The number of hydrogen-bond donors (Lipinski definition) is 3. The molecule has 0 aliphatic carbocycles. The van der Waals surface area contributed by atoms with Gasteiger partial charge in [-0.15, -0.1) is 0 Å². The molecule has 0 bridgehead atoms. The zero-order valence-corrected chi connectivity index (χ0v) is 9.34. The standard InChI is InChI=1S/C13H11FN2O2/c14-10-4-6-11(7-5-10)16-15-8-9-2-1-3-12(17)13(9)18/h1-8,16-18H. The van der Waals surface area contributed by atoms with Crippen molar-refractivity contribution in [3.05, 3.63) is 53.8 Å². The molecule has 4 nitrogen and oxygen atoms in total. The molecular formula is C13H11FN2O2. The Bertz CT molecular complexity index is 568. The SMILES string of the molecule is Oc1cccc(C=NNc2ccc(F)cc2)c1O. The summed E-state index contributed by atoms with van der Waals surface area (Å²) >= 11 is 0. The van der Waals surface area contributed by atoms with Crippen molar-refractivity contribution in [2.24, 2.45) is 5.10 Å². The predicted molar refractivity (Wildman–Crippen MR) is 67.4 cm³/mol. The summed E-state index contributed by atoms with van der Waals surface area (Å²) in [5.74, 6) is -0.766. The lowest BCUT2D eigenvalue weighted by atomic mass is 10.2. The Balaban J connectivity index is 2.07. The largest absolute Gasteiger partial charge is 0.504 e. The first-order valence-electron chi connectivity index (χ1n) is 5.22. The fourth-order valence-electron chi connectivity index (χ4n) is 1.35. The quantitative estimate of drug-likeness (QED) is 0.443. The van der Waals surface area contributed by atoms with E-state index in [1.807, 2.05) is 0 Å². The van der Waals surface area contributed by atoms with Gasteiger partial charge in [-0.1, -0.05) is 6.07 Å². The third-order valence-corrected chi connectivity index (χ3v) is 2.29. The highest BCUT2D eigenvalue weighted by molar-refractivity contribution is 5.85. The van der Waals surface area contributed by atoms with E-state index in [1.54, 1.807) is 12.1 Å². The van der Waals surface area contributed by atoms with Crippen molar-refractivity contribution in [3.8, 4) is 11.5 Å². The van der Waals surface area contributed by atoms with Crippen molar-refractivity contribution in [2.45, 2.75) is 0 Å². The predicted octanol–water partition coefficient (Wildman–Crippen LogP) is 2.68. The van der Waals surface area contributed by atoms with Crippen molar-refractivity contribution in [1.29, 1.82) is 0 Å². The Labute approximate surface area is 103 Å². The van der Waals surface area contributed by atoms with Gasteiger partial charge in [-0.05, 0) is 36.4 Å². The molecule has 0 atom stereocenters. The number of nitrogens with one attached hydrogen (secondary N) is 1. The molecular weight excluding hydrogens is 235 g/mol. The molecule has 2 aromatic carbocycles. The number of rotatable bonds is 3. The summed E-state index contributed by atoms with van der Waals surface area (Å²) < 4.78 is 12.6. The van der Waals surface area contributed by atoms with Gasteiger partial charge in [0.25, 0.3) is 0 Å². The van der Waals surface area contributed by atoms with Crippen molar-refractivity contribution in [3.63, 3.8) is 0 Å². The smallest absolute Gasteiger partial charge is 0.166 e. The normalized spacial score (nSPS) is 10.7. The van der Waals surface area contributed by atoms with Crippen LogP contribution in [0.4, 0.5) is 10.1 Å². The molecule has 18 heavy (non-hydrogen) atoms. The third kappa shape index (κ3) is 2.76. The molecule has 0 fully saturated rings. The summed E-state index contributed by atoms with van der Waals surface area (Å²) in [5.41, 5.74) is 3.67. The average molecular weight is 246 g/mol. The van der Waals surface area contributed by atoms with Crippen LogP contribution in [-0.2, 0) is 0 Å². The molecule has 0 aliphatic rings. The van der Waals surface area contributed by atoms with E-state index in [-0.39, 0.29) is 17.3 Å². The van der Waals surface area contributed by atoms with Gasteiger partial charge in [-0.3, -0.25) is 5.43 Å². The highest BCUT2D eigenvalue weighted by Crippen LogP contribution is 2.26. The molecule has 0 amide bonds. The van der Waals surface area contributed by atoms with Crippen LogP contribution in [0.25, 0.3) is 0 Å². The van der Waals surface area contributed by atoms with Gasteiger partial charge in [0, 0.05) is 5.56 Å². The Kier molecular flexibility index (Phi) is 3.43. The second kappa shape index (κ2) is 5.18. The zero-order valence-electron chi connectivity index (χ0n) is 9.34. The first kappa shape index (κ1) is 11.9. The molecule has 3 N–H and O–H groups in total. The number of benzene rings is 2. The number of hydrogen-bond acceptors (Lipinski definition) is 4. The highest BCUT2D eigenvalue weighted by Gasteiger charge is 2.02. The maximum Gasteiger partial charge on any atom is 0.166 e. The topological polar surface area (TPSA) is 64.9 Å². The van der Waals surface area contributed by atoms with Gasteiger partial charge < -0.3 is 10.2 Å². The monoisotopic (exact) mass is 246 g/mol. The summed E-state index contributed by atoms with van der Waals surface area (Å²) in [5, 5.41) is 22.7. The molecule has 0 unspecified atom stereocenters. The van der Waals surface area contributed by atoms with Crippen LogP contribution < -0.4 is 5.43 Å². The van der Waals surface area contributed by atoms with Gasteiger partial charge in [0.15, 0.2) is 11.5 Å². The van der Waals surface area contributed by atoms with Crippen LogP contribution in [-0.4, -0.2) is 16.4 Å². The minimum atomic E-state index is -0.324. The number of nitrogens with zero attached hydrogens (tertiary/aromatic N) is 1. The second-order valence-corrected chi connectivity index (χ2v) is 3.59. The molecule has 0 heterocycles. The minimum absolute atomic E-state index is 0.208. The van der Waals surface area contributed by atoms with E-state index in [9.17, 15) is 14.6 Å². The summed E-state index contributed by atoms with van der Waals surface area (Å²) in [7, 11) is 0. The number of halogens is 1. The number of hydrazone groups is 1. The first-order valence-corrected chi connectivity index (χ1v) is 5.22. The molecule has 2 rings (SSSR count). The lowest BCUT2D eigenvalue weighted by molar-refractivity contribution is 0.403. The van der Waals surface area contributed by atoms with Gasteiger partial charge in [-0.2, -0.15) is 5.10 Å². The van der Waals surface area contributed by atoms with Gasteiger partial charge in [0.05, 0.1) is 11.9 Å². The zero-order chi connectivity index (χ0) is 13.0. The van der Waals surface area contributed by atoms with E-state index in [2.05, 4.69) is 10.5 Å². The van der Waals surface area contributed by atoms with Gasteiger partial charge >= 0.3 is 0 Å². The molecule has 5 heteroatoms. The number of anilines is 1. The number of para-hydroxylation sites is 1. The van der Waals surface area contributed by atoms with Crippen molar-refractivity contribution in [2.75, 3.05) is 5.43 Å². The average Bonchev–Trinajstić information content (AvgIpc) is 2.37. The van der Waals surface area contributed by atoms with Crippen LogP contribution in [0.15, 0.2) is 47.6 Å². The van der Waals surface area contributed by atoms with Crippen LogP contribution in [0.2, 0.25) is 0 Å². The van der Waals surface area contributed by atoms with E-state index in [4.69, 9.17) is 0 Å².